The van der Waals surface area contributed by atoms with Crippen LogP contribution in [-0.4, -0.2) is 96.6 Å². The lowest BCUT2D eigenvalue weighted by Crippen LogP contribution is -2.37. The van der Waals surface area contributed by atoms with Gasteiger partial charge in [-0.15, -0.1) is 0 Å². The van der Waals surface area contributed by atoms with E-state index in [2.05, 4.69) is 181 Å². The largest absolute Gasteiger partial charge is 0.496 e. The zero-order chi connectivity index (χ0) is 96.0. The van der Waals surface area contributed by atoms with E-state index in [1.807, 2.05) is 116 Å². The highest BCUT2D eigenvalue weighted by Crippen LogP contribution is 2.39. The van der Waals surface area contributed by atoms with Gasteiger partial charge in [0.25, 0.3) is 0 Å². The van der Waals surface area contributed by atoms with E-state index < -0.39 is 0 Å². The van der Waals surface area contributed by atoms with Crippen LogP contribution < -0.4 is 15.4 Å². The first-order valence-electron chi connectivity index (χ1n) is 48.1. The number of nitrogens with zero attached hydrogens (tertiary/aromatic N) is 8. The predicted octanol–water partition coefficient (Wildman–Crippen LogP) is 29.8. The van der Waals surface area contributed by atoms with E-state index in [0.717, 1.165) is 197 Å². The molecular weight excluding hydrogens is 2080 g/mol. The smallest absolute Gasteiger partial charge is 0.140 e. The third-order valence-corrected chi connectivity index (χ3v) is 29.5. The summed E-state index contributed by atoms with van der Waals surface area (Å²) in [5.41, 5.74) is 16.0. The van der Waals surface area contributed by atoms with Crippen molar-refractivity contribution in [3.63, 3.8) is 0 Å². The molecule has 3 fully saturated rings. The van der Waals surface area contributed by atoms with Crippen molar-refractivity contribution in [2.45, 2.75) is 185 Å². The lowest BCUT2D eigenvalue weighted by Gasteiger charge is -2.23. The molecule has 25 heteroatoms. The van der Waals surface area contributed by atoms with Crippen LogP contribution in [0.1, 0.15) is 157 Å². The molecule has 139 heavy (non-hydrogen) atoms. The maximum atomic E-state index is 15.0. The molecule has 9 heterocycles. The molecule has 0 spiro atoms. The van der Waals surface area contributed by atoms with Crippen LogP contribution in [0.3, 0.4) is 0 Å². The van der Waals surface area contributed by atoms with Gasteiger partial charge >= 0.3 is 0 Å². The number of fused-ring (bicyclic) bond motifs is 6. The molecule has 4 unspecified atom stereocenters. The fourth-order valence-electron chi connectivity index (χ4n) is 20.3. The Kier molecular flexibility index (Phi) is 32.4. The van der Waals surface area contributed by atoms with Crippen molar-refractivity contribution < 1.29 is 39.9 Å². The number of amidine groups is 2. The summed E-state index contributed by atoms with van der Waals surface area (Å²) in [6, 6.07) is 64.7. The van der Waals surface area contributed by atoms with Gasteiger partial charge in [-0.05, 0) is 324 Å². The minimum Gasteiger partial charge on any atom is -0.496 e. The Labute approximate surface area is 849 Å². The third kappa shape index (κ3) is 23.5. The number of aromatic nitrogens is 6. The number of nitrogens with one attached hydrogen (secondary N) is 3. The summed E-state index contributed by atoms with van der Waals surface area (Å²) in [6.07, 6.45) is 35.8. The second-order valence-corrected chi connectivity index (χ2v) is 41.1. The summed E-state index contributed by atoms with van der Waals surface area (Å²) in [5, 5.41) is 12.7. The van der Waals surface area contributed by atoms with Gasteiger partial charge in [-0.25, -0.2) is 36.9 Å². The van der Waals surface area contributed by atoms with E-state index in [1.54, 1.807) is 93.0 Å². The topological polar surface area (TPSA) is 165 Å². The molecule has 2 aliphatic carbocycles. The third-order valence-electron chi connectivity index (χ3n) is 27.2. The van der Waals surface area contributed by atoms with Crippen LogP contribution in [0.15, 0.2) is 302 Å². The standard InChI is InChI=1S/C26H27BrFN3O.C25H24BrFN2.C22H20BrFN2O.C22H24BrFN2O.C19H14BrFN2O/c27-21-17-19(25-20(18-21)9-16-32-25)7-8-22-23(5-3-6-24(22)28)26-29-10-15-31(26)14-4-13-30-11-1-2-12-30;26-18-14-16-6-1-2-7-19(16)17(15-18)12-13-20-21(8-5-9-22(20)27)25-28-23-10-3-4-11-24(23)29-25;1-14(2)26-10-9-25-22(26)19-4-3-5-20(24)18(19)7-6-15-12-17(23)13-16-8-11-27-21(15)16;1-27-21-12-10-15(23)13-14(21)9-11-16-17(5-4-6-18(16)24)22-25-19-7-2-3-8-20(19)26-22;20-14-10-12(18-13(11-14)6-9-24-18)4-5-15-16(2-1-3-17(15)21)19-22-7-8-23-19/h3,5-6,9-10,15-18H,1-2,4,7-8,11-14H2;1-2,5-9,14-15,23-24H,3-4,10-13H2,(H,28,29);3-5,8-14H,6-7H2,1-2H3;4-6,10,12-13,19-20H,2-3,7-9,11H2,1H3,(H,25,26);1-3,6-11H,4-5H2,(H,22,23). The molecule has 3 N–H and O–H groups in total. The molecule has 1 saturated heterocycles. The number of ether oxygens (including phenoxy) is 1. The maximum absolute atomic E-state index is 15.0. The van der Waals surface area contributed by atoms with Gasteiger partial charge in [-0.2, -0.15) is 0 Å². The van der Waals surface area contributed by atoms with Crippen molar-refractivity contribution >= 4 is 135 Å². The van der Waals surface area contributed by atoms with Gasteiger partial charge in [-0.3, -0.25) is 9.98 Å². The molecule has 15 nitrogen and oxygen atoms in total. The van der Waals surface area contributed by atoms with Crippen LogP contribution in [0.25, 0.3) is 77.8 Å². The number of furan rings is 3. The zero-order valence-electron chi connectivity index (χ0n) is 77.8. The monoisotopic (exact) mass is 2190 g/mol. The average molecular weight is 2190 g/mol. The highest BCUT2D eigenvalue weighted by molar-refractivity contribution is 9.11. The van der Waals surface area contributed by atoms with Crippen molar-refractivity contribution in [3.8, 4) is 39.9 Å². The summed E-state index contributed by atoms with van der Waals surface area (Å²) >= 11 is 17.8. The Morgan fingerprint density at radius 1 is 0.396 bits per heavy atom. The van der Waals surface area contributed by atoms with Crippen LogP contribution in [0.2, 0.25) is 0 Å². The predicted molar refractivity (Wildman–Crippen MR) is 565 cm³/mol. The molecule has 0 radical (unpaired) electrons. The molecule has 17 aromatic rings. The maximum Gasteiger partial charge on any atom is 0.140 e. The van der Waals surface area contributed by atoms with Crippen LogP contribution in [-0.2, 0) is 70.8 Å². The quantitative estimate of drug-likeness (QED) is 0.0444. The molecule has 0 bridgehead atoms. The number of H-pyrrole nitrogens is 1. The Morgan fingerprint density at radius 2 is 0.820 bits per heavy atom. The molecule has 0 amide bonds. The number of hydrogen-bond donors (Lipinski definition) is 3. The minimum absolute atomic E-state index is 0.138. The Balaban J connectivity index is 0.000000116. The molecule has 2 saturated carbocycles. The number of methoxy groups -OCH3 is 1. The SMILES string of the molecule is CC(C)n1ccnc1-c1cccc(F)c1CCc1cc(Br)cc2ccoc12.COc1ccc(Br)cc1CCc1c(F)cccc1C1=NC2CCCCC2N1.Fc1cccc(-c2ncc[nH]2)c1CCc1cc(Br)cc2ccoc12.Fc1cccc(-c2nccn2CCCN2CCCC2)c1CCc1cc(Br)cc2ccoc12.Fc1cccc(C2=NC3CCCCC3N2)c1CCc1cc(Br)cc2ccccc12. The van der Waals surface area contributed by atoms with Gasteiger partial charge in [0.2, 0.25) is 0 Å². The van der Waals surface area contributed by atoms with Crippen molar-refractivity contribution in [2.24, 2.45) is 9.98 Å². The number of aromatic amines is 1. The number of aryl methyl sites for hydroxylation is 6. The molecule has 6 aromatic heterocycles. The number of likely N-dealkylation sites (tertiary alicyclic amines) is 1. The number of halogens is 10. The number of benzene rings is 11. The number of imidazole rings is 3. The van der Waals surface area contributed by atoms with E-state index in [4.69, 9.17) is 28.0 Å². The number of rotatable bonds is 26. The first-order chi connectivity index (χ1) is 67.8. The highest BCUT2D eigenvalue weighted by Gasteiger charge is 2.35. The van der Waals surface area contributed by atoms with Crippen molar-refractivity contribution in [1.82, 2.24) is 44.6 Å². The van der Waals surface area contributed by atoms with Crippen LogP contribution in [0.4, 0.5) is 22.0 Å². The summed E-state index contributed by atoms with van der Waals surface area (Å²) in [6.45, 7) is 8.61. The fraction of sp³-hybridized carbons (Fsp3) is 0.289. The zero-order valence-corrected chi connectivity index (χ0v) is 85.7. The van der Waals surface area contributed by atoms with Crippen molar-refractivity contribution in [3.05, 3.63) is 374 Å². The molecule has 4 atom stereocenters. The number of aliphatic imine (C=N–C) groups is 2. The van der Waals surface area contributed by atoms with Gasteiger partial charge in [0.1, 0.15) is 80.7 Å². The van der Waals surface area contributed by atoms with E-state index in [0.29, 0.717) is 104 Å². The van der Waals surface area contributed by atoms with Crippen LogP contribution >= 0.6 is 79.6 Å². The average Bonchev–Trinajstić information content (AvgIpc) is 1.70. The summed E-state index contributed by atoms with van der Waals surface area (Å²) in [5.74, 6) is 4.02. The molecule has 11 aromatic carbocycles. The molecule has 714 valence electrons. The van der Waals surface area contributed by atoms with E-state index >= 15 is 0 Å². The normalized spacial score (nSPS) is 16.1. The Bertz CT molecular complexity index is 7220. The minimum atomic E-state index is -0.213. The van der Waals surface area contributed by atoms with E-state index in [1.165, 1.54) is 80.1 Å². The Morgan fingerprint density at radius 3 is 1.31 bits per heavy atom. The summed E-state index contributed by atoms with van der Waals surface area (Å²) in [7, 11) is 1.67. The molecule has 22 rings (SSSR count). The lowest BCUT2D eigenvalue weighted by atomic mass is 9.92. The van der Waals surface area contributed by atoms with Crippen molar-refractivity contribution in [2.75, 3.05) is 26.7 Å². The van der Waals surface area contributed by atoms with Crippen molar-refractivity contribution in [1.29, 1.82) is 0 Å². The highest BCUT2D eigenvalue weighted by atomic mass is 79.9. The second kappa shape index (κ2) is 45.9. The van der Waals surface area contributed by atoms with E-state index in [-0.39, 0.29) is 35.1 Å². The second-order valence-electron chi connectivity index (χ2n) is 36.5. The molecule has 3 aliphatic heterocycles. The van der Waals surface area contributed by atoms with Gasteiger partial charge in [-0.1, -0.05) is 190 Å². The van der Waals surface area contributed by atoms with Crippen LogP contribution in [0.5, 0.6) is 5.75 Å². The van der Waals surface area contributed by atoms with Gasteiger partial charge < -0.3 is 47.6 Å². The fourth-order valence-corrected chi connectivity index (χ4v) is 22.8. The first-order valence-corrected chi connectivity index (χ1v) is 52.1. The van der Waals surface area contributed by atoms with Gasteiger partial charge in [0, 0.05) is 128 Å². The van der Waals surface area contributed by atoms with Gasteiger partial charge in [0.05, 0.1) is 38.0 Å². The van der Waals surface area contributed by atoms with Gasteiger partial charge in [0.15, 0.2) is 0 Å². The molecule has 5 aliphatic rings. The summed E-state index contributed by atoms with van der Waals surface area (Å²) in [4.78, 5) is 28.7. The lowest BCUT2D eigenvalue weighted by molar-refractivity contribution is 0.325. The first kappa shape index (κ1) is 97.9. The summed E-state index contributed by atoms with van der Waals surface area (Å²) < 4.78 is 105. The molecular formula is C114H109Br5F5N11O4. The number of hydrogen-bond acceptors (Lipinski definition) is 12. The Hall–Kier alpha value is -11.3. The van der Waals surface area contributed by atoms with E-state index in [9.17, 15) is 22.0 Å². The van der Waals surface area contributed by atoms with Crippen LogP contribution in [0, 0.1) is 29.1 Å².